The molecule has 3 amide bonds. The number of rotatable bonds is 14. The molecule has 0 aromatic heterocycles. The Bertz CT molecular complexity index is 1390. The van der Waals surface area contributed by atoms with Crippen molar-refractivity contribution >= 4 is 39.3 Å². The first-order chi connectivity index (χ1) is 21.2. The molecule has 0 bridgehead atoms. The zero-order chi connectivity index (χ0) is 31.5. The van der Waals surface area contributed by atoms with E-state index in [9.17, 15) is 22.8 Å². The Hall–Kier alpha value is -3.03. The Labute approximate surface area is 264 Å². The van der Waals surface area contributed by atoms with Gasteiger partial charge in [-0.3, -0.25) is 14.4 Å². The minimum Gasteiger partial charge on any atom is -0.378 e. The fraction of sp³-hybridized carbons (Fsp3) is 0.516. The minimum atomic E-state index is -3.91. The van der Waals surface area contributed by atoms with Crippen LogP contribution in [0, 0.1) is 0 Å². The van der Waals surface area contributed by atoms with Crippen LogP contribution < -0.4 is 15.8 Å². The summed E-state index contributed by atoms with van der Waals surface area (Å²) in [7, 11) is -3.91. The molecular weight excluding hydrogens is 606 g/mol. The lowest BCUT2D eigenvalue weighted by molar-refractivity contribution is -0.140. The molecule has 13 heteroatoms. The van der Waals surface area contributed by atoms with Crippen molar-refractivity contribution in [1.29, 1.82) is 0 Å². The molecule has 2 heterocycles. The van der Waals surface area contributed by atoms with Gasteiger partial charge in [0.25, 0.3) is 0 Å². The molecule has 2 aromatic rings. The lowest BCUT2D eigenvalue weighted by Crippen LogP contribution is -2.53. The number of carbonyl (C=O) groups excluding carboxylic acids is 3. The van der Waals surface area contributed by atoms with Gasteiger partial charge in [0.2, 0.25) is 27.7 Å². The quantitative estimate of drug-likeness (QED) is 0.284. The molecule has 240 valence electrons. The Morgan fingerprint density at radius 3 is 2.52 bits per heavy atom. The van der Waals surface area contributed by atoms with E-state index < -0.39 is 28.0 Å². The van der Waals surface area contributed by atoms with E-state index in [1.165, 1.54) is 4.90 Å². The van der Waals surface area contributed by atoms with Crippen molar-refractivity contribution in [3.8, 4) is 0 Å². The Morgan fingerprint density at radius 1 is 1.05 bits per heavy atom. The summed E-state index contributed by atoms with van der Waals surface area (Å²) >= 11 is 6.19. The molecule has 4 N–H and O–H groups in total. The summed E-state index contributed by atoms with van der Waals surface area (Å²) in [6.45, 7) is 3.00. The van der Waals surface area contributed by atoms with E-state index in [4.69, 9.17) is 22.1 Å². The Balaban J connectivity index is 1.44. The molecule has 4 rings (SSSR count). The number of benzene rings is 2. The minimum absolute atomic E-state index is 0.0555. The summed E-state index contributed by atoms with van der Waals surface area (Å²) in [5.74, 6) is -1.13. The third-order valence-electron chi connectivity index (χ3n) is 7.94. The third-order valence-corrected chi connectivity index (χ3v) is 9.53. The summed E-state index contributed by atoms with van der Waals surface area (Å²) in [6.07, 6.45) is 2.32. The second-order valence-electron chi connectivity index (χ2n) is 11.2. The molecule has 11 nitrogen and oxygen atoms in total. The number of ether oxygens (including phenoxy) is 1. The van der Waals surface area contributed by atoms with Gasteiger partial charge in [-0.15, -0.1) is 0 Å². The number of likely N-dealkylation sites (tertiary alicyclic amines) is 1. The van der Waals surface area contributed by atoms with E-state index in [0.717, 1.165) is 11.1 Å². The molecule has 0 aliphatic carbocycles. The van der Waals surface area contributed by atoms with Crippen LogP contribution in [-0.4, -0.2) is 87.4 Å². The average molecular weight is 648 g/mol. The van der Waals surface area contributed by atoms with Gasteiger partial charge < -0.3 is 25.6 Å². The number of hydrogen-bond acceptors (Lipinski definition) is 7. The number of sulfonamides is 1. The molecule has 2 aliphatic heterocycles. The fourth-order valence-electron chi connectivity index (χ4n) is 5.67. The average Bonchev–Trinajstić information content (AvgIpc) is 3.51. The molecule has 2 fully saturated rings. The normalized spacial score (nSPS) is 17.8. The van der Waals surface area contributed by atoms with Crippen molar-refractivity contribution in [3.05, 3.63) is 70.2 Å². The predicted octanol–water partition coefficient (Wildman–Crippen LogP) is 1.97. The van der Waals surface area contributed by atoms with Gasteiger partial charge in [0, 0.05) is 37.6 Å². The smallest absolute Gasteiger partial charge is 0.243 e. The van der Waals surface area contributed by atoms with E-state index >= 15 is 0 Å². The predicted molar refractivity (Wildman–Crippen MR) is 168 cm³/mol. The maximum absolute atomic E-state index is 13.9. The number of carbonyl (C=O) groups is 3. The Morgan fingerprint density at radius 2 is 1.80 bits per heavy atom. The second kappa shape index (κ2) is 16.3. The van der Waals surface area contributed by atoms with Crippen molar-refractivity contribution in [2.24, 2.45) is 5.73 Å². The number of halogens is 1. The first-order valence-electron chi connectivity index (χ1n) is 15.1. The van der Waals surface area contributed by atoms with Gasteiger partial charge in [-0.2, -0.15) is 0 Å². The maximum atomic E-state index is 13.9. The van der Waals surface area contributed by atoms with Crippen molar-refractivity contribution in [3.63, 3.8) is 0 Å². The number of morpholine rings is 1. The number of amides is 3. The number of nitrogens with zero attached hydrogens (tertiary/aromatic N) is 2. The van der Waals surface area contributed by atoms with Crippen molar-refractivity contribution in [1.82, 2.24) is 19.8 Å². The summed E-state index contributed by atoms with van der Waals surface area (Å²) in [5.41, 5.74) is 8.16. The van der Waals surface area contributed by atoms with Crippen LogP contribution in [0.15, 0.2) is 48.5 Å². The van der Waals surface area contributed by atoms with Crippen LogP contribution in [0.1, 0.15) is 48.8 Å². The van der Waals surface area contributed by atoms with Crippen molar-refractivity contribution in [2.75, 3.05) is 39.4 Å². The van der Waals surface area contributed by atoms with E-state index in [2.05, 4.69) is 10.0 Å². The maximum Gasteiger partial charge on any atom is 0.243 e. The molecule has 2 atom stereocenters. The molecule has 0 spiro atoms. The standard InChI is InChI=1S/C31H42ClN5O6S/c32-26-12-11-24(13-14-33)25(20-26)21-34-30(39)28-9-5-15-37(28)31(40)27(8-4-10-29(38)36-16-18-43-19-17-36)35-44(41,42)22-23-6-2-1-3-7-23/h1-3,6-7,11-12,20,27-28,35H,4-5,8-10,13-19,21-22,33H2,(H,34,39)/t27?,28-/m0/s1. The number of nitrogens with one attached hydrogen (secondary N) is 2. The number of hydrogen-bond donors (Lipinski definition) is 3. The molecule has 2 aromatic carbocycles. The van der Waals surface area contributed by atoms with Crippen LogP contribution >= 0.6 is 11.6 Å². The fourth-order valence-corrected chi connectivity index (χ4v) is 7.24. The third kappa shape index (κ3) is 9.73. The summed E-state index contributed by atoms with van der Waals surface area (Å²) in [4.78, 5) is 43.2. The monoisotopic (exact) mass is 647 g/mol. The Kier molecular flexibility index (Phi) is 12.6. The molecule has 0 saturated carbocycles. The van der Waals surface area contributed by atoms with E-state index in [-0.39, 0.29) is 37.0 Å². The highest BCUT2D eigenvalue weighted by Gasteiger charge is 2.38. The van der Waals surface area contributed by atoms with Crippen molar-refractivity contribution in [2.45, 2.75) is 62.9 Å². The van der Waals surface area contributed by atoms with Gasteiger partial charge >= 0.3 is 0 Å². The van der Waals surface area contributed by atoms with Crippen LogP contribution in [0.5, 0.6) is 0 Å². The SMILES string of the molecule is NCCc1ccc(Cl)cc1CNC(=O)[C@@H]1CCCN1C(=O)C(CCCC(=O)N1CCOCC1)NS(=O)(=O)Cc1ccccc1. The first-order valence-corrected chi connectivity index (χ1v) is 17.1. The van der Waals surface area contributed by atoms with Gasteiger partial charge in [-0.1, -0.05) is 48.0 Å². The largest absolute Gasteiger partial charge is 0.378 e. The van der Waals surface area contributed by atoms with Crippen LogP contribution in [0.3, 0.4) is 0 Å². The zero-order valence-corrected chi connectivity index (χ0v) is 26.5. The molecule has 1 unspecified atom stereocenters. The molecule has 2 saturated heterocycles. The topological polar surface area (TPSA) is 151 Å². The molecule has 2 aliphatic rings. The van der Waals surface area contributed by atoms with Gasteiger partial charge in [0.15, 0.2) is 0 Å². The summed E-state index contributed by atoms with van der Waals surface area (Å²) < 4.78 is 34.3. The number of nitrogens with two attached hydrogens (primary N) is 1. The highest BCUT2D eigenvalue weighted by molar-refractivity contribution is 7.88. The van der Waals surface area contributed by atoms with Crippen LogP contribution in [0.4, 0.5) is 0 Å². The van der Waals surface area contributed by atoms with Gasteiger partial charge in [-0.05, 0) is 67.5 Å². The highest BCUT2D eigenvalue weighted by Crippen LogP contribution is 2.22. The van der Waals surface area contributed by atoms with Crippen LogP contribution in [0.2, 0.25) is 5.02 Å². The molecular formula is C31H42ClN5O6S. The van der Waals surface area contributed by atoms with Gasteiger partial charge in [-0.25, -0.2) is 13.1 Å². The van der Waals surface area contributed by atoms with Crippen molar-refractivity contribution < 1.29 is 27.5 Å². The van der Waals surface area contributed by atoms with E-state index in [1.54, 1.807) is 47.4 Å². The second-order valence-corrected chi connectivity index (χ2v) is 13.3. The zero-order valence-electron chi connectivity index (χ0n) is 24.9. The first kappa shape index (κ1) is 33.9. The van der Waals surface area contributed by atoms with E-state index in [0.29, 0.717) is 75.7 Å². The lowest BCUT2D eigenvalue weighted by Gasteiger charge is -2.29. The van der Waals surface area contributed by atoms with Gasteiger partial charge in [0.05, 0.1) is 19.0 Å². The molecule has 0 radical (unpaired) electrons. The summed E-state index contributed by atoms with van der Waals surface area (Å²) in [5, 5.41) is 3.48. The lowest BCUT2D eigenvalue weighted by atomic mass is 10.0. The van der Waals surface area contributed by atoms with Crippen LogP contribution in [0.25, 0.3) is 0 Å². The highest BCUT2D eigenvalue weighted by atomic mass is 35.5. The van der Waals surface area contributed by atoms with Gasteiger partial charge in [0.1, 0.15) is 12.1 Å². The molecule has 44 heavy (non-hydrogen) atoms. The van der Waals surface area contributed by atoms with E-state index in [1.807, 2.05) is 6.07 Å². The summed E-state index contributed by atoms with van der Waals surface area (Å²) in [6, 6.07) is 12.3. The van der Waals surface area contributed by atoms with Crippen LogP contribution in [-0.2, 0) is 47.9 Å².